The molecule has 0 radical (unpaired) electrons. The number of hydrogen-bond donors (Lipinski definition) is 3. The van der Waals surface area contributed by atoms with Crippen LogP contribution >= 0.6 is 0 Å². The molecule has 0 aliphatic carbocycles. The zero-order valence-electron chi connectivity index (χ0n) is 10.3. The van der Waals surface area contributed by atoms with E-state index in [2.05, 4.69) is 10.3 Å². The lowest BCUT2D eigenvalue weighted by molar-refractivity contribution is 0.555. The predicted octanol–water partition coefficient (Wildman–Crippen LogP) is 1.03. The van der Waals surface area contributed by atoms with E-state index < -0.39 is 16.6 Å². The van der Waals surface area contributed by atoms with Crippen LogP contribution in [0.5, 0.6) is 0 Å². The van der Waals surface area contributed by atoms with Gasteiger partial charge in [0.15, 0.2) is 5.58 Å². The Kier molecular flexibility index (Phi) is 3.06. The second kappa shape index (κ2) is 4.73. The van der Waals surface area contributed by atoms with Gasteiger partial charge >= 0.3 is 5.76 Å². The fraction of sp³-hybridized carbons (Fsp3) is 0.417. The van der Waals surface area contributed by atoms with Gasteiger partial charge in [0.05, 0.1) is 16.9 Å². The van der Waals surface area contributed by atoms with E-state index in [0.717, 1.165) is 30.0 Å². The fourth-order valence-corrected chi connectivity index (χ4v) is 3.60. The number of benzene rings is 1. The van der Waals surface area contributed by atoms with Gasteiger partial charge in [-0.1, -0.05) is 0 Å². The molecule has 0 unspecified atom stereocenters. The maximum Gasteiger partial charge on any atom is 0.417 e. The van der Waals surface area contributed by atoms with Crippen molar-refractivity contribution in [3.63, 3.8) is 0 Å². The van der Waals surface area contributed by atoms with E-state index in [1.807, 2.05) is 0 Å². The highest BCUT2D eigenvalue weighted by Crippen LogP contribution is 2.26. The smallest absolute Gasteiger partial charge is 0.408 e. The number of H-pyrrole nitrogens is 1. The van der Waals surface area contributed by atoms with Crippen LogP contribution in [0.1, 0.15) is 12.8 Å². The van der Waals surface area contributed by atoms with Crippen molar-refractivity contribution < 1.29 is 8.63 Å². The number of anilines is 2. The summed E-state index contributed by atoms with van der Waals surface area (Å²) in [6.45, 7) is 0. The average molecular weight is 281 g/mol. The molecule has 6 nitrogen and oxygen atoms in total. The standard InChI is InChI=1S/C12H15N3O3S/c13-8-5-11-10(15-12(16)18-11)6-9(8)14-7-1-3-19(17)4-2-7/h5-7,14H,1-4,13H2,(H,15,16). The highest BCUT2D eigenvalue weighted by Gasteiger charge is 2.18. The van der Waals surface area contributed by atoms with Crippen molar-refractivity contribution >= 4 is 33.3 Å². The fourth-order valence-electron chi connectivity index (χ4n) is 2.30. The number of hydrogen-bond acceptors (Lipinski definition) is 5. The molecule has 0 bridgehead atoms. The van der Waals surface area contributed by atoms with Crippen molar-refractivity contribution in [3.05, 3.63) is 22.7 Å². The zero-order valence-corrected chi connectivity index (χ0v) is 11.1. The van der Waals surface area contributed by atoms with Gasteiger partial charge in [-0.2, -0.15) is 0 Å². The molecule has 1 fully saturated rings. The Hall–Kier alpha value is -1.76. The number of nitrogens with two attached hydrogens (primary N) is 1. The van der Waals surface area contributed by atoms with Crippen molar-refractivity contribution in [1.29, 1.82) is 0 Å². The number of rotatable bonds is 2. The Morgan fingerprint density at radius 3 is 2.84 bits per heavy atom. The molecule has 2 aromatic rings. The van der Waals surface area contributed by atoms with Crippen LogP contribution in [0.4, 0.5) is 11.4 Å². The molecular formula is C12H15N3O3S. The first kappa shape index (κ1) is 12.3. The van der Waals surface area contributed by atoms with Gasteiger partial charge in [0.2, 0.25) is 0 Å². The summed E-state index contributed by atoms with van der Waals surface area (Å²) in [5, 5.41) is 3.35. The summed E-state index contributed by atoms with van der Waals surface area (Å²) in [5.74, 6) is 0.963. The lowest BCUT2D eigenvalue weighted by Gasteiger charge is -2.24. The van der Waals surface area contributed by atoms with Gasteiger partial charge in [0.1, 0.15) is 0 Å². The molecule has 1 saturated heterocycles. The molecule has 102 valence electrons. The molecule has 0 atom stereocenters. The lowest BCUT2D eigenvalue weighted by atomic mass is 10.1. The number of aromatic amines is 1. The Balaban J connectivity index is 1.85. The monoisotopic (exact) mass is 281 g/mol. The van der Waals surface area contributed by atoms with Crippen molar-refractivity contribution in [2.24, 2.45) is 0 Å². The maximum absolute atomic E-state index is 11.3. The van der Waals surface area contributed by atoms with Crippen molar-refractivity contribution in [3.8, 4) is 0 Å². The minimum Gasteiger partial charge on any atom is -0.408 e. The Morgan fingerprint density at radius 1 is 1.37 bits per heavy atom. The minimum absolute atomic E-state index is 0.274. The molecule has 3 rings (SSSR count). The van der Waals surface area contributed by atoms with Crippen LogP contribution in [0.25, 0.3) is 11.1 Å². The van der Waals surface area contributed by atoms with Crippen molar-refractivity contribution in [1.82, 2.24) is 4.98 Å². The quantitative estimate of drug-likeness (QED) is 0.714. The largest absolute Gasteiger partial charge is 0.417 e. The van der Waals surface area contributed by atoms with Gasteiger partial charge in [-0.3, -0.25) is 9.19 Å². The molecule has 2 heterocycles. The van der Waals surface area contributed by atoms with Crippen molar-refractivity contribution in [2.45, 2.75) is 18.9 Å². The van der Waals surface area contributed by atoms with E-state index in [-0.39, 0.29) is 6.04 Å². The van der Waals surface area contributed by atoms with Crippen LogP contribution in [-0.2, 0) is 10.8 Å². The van der Waals surface area contributed by atoms with E-state index in [1.54, 1.807) is 12.1 Å². The van der Waals surface area contributed by atoms with E-state index in [4.69, 9.17) is 10.2 Å². The van der Waals surface area contributed by atoms with E-state index in [9.17, 15) is 9.00 Å². The van der Waals surface area contributed by atoms with Crippen LogP contribution in [-0.4, -0.2) is 26.7 Å². The molecule has 0 saturated carbocycles. The first-order chi connectivity index (χ1) is 9.11. The average Bonchev–Trinajstić information content (AvgIpc) is 2.72. The molecule has 4 N–H and O–H groups in total. The van der Waals surface area contributed by atoms with E-state index in [1.165, 1.54) is 0 Å². The SMILES string of the molecule is Nc1cc2oc(=O)[nH]c2cc1NC1CCS(=O)CC1. The first-order valence-electron chi connectivity index (χ1n) is 6.15. The third-order valence-corrected chi connectivity index (χ3v) is 4.72. The van der Waals surface area contributed by atoms with Crippen LogP contribution in [0.15, 0.2) is 21.3 Å². The summed E-state index contributed by atoms with van der Waals surface area (Å²) < 4.78 is 16.3. The second-order valence-electron chi connectivity index (χ2n) is 4.72. The van der Waals surface area contributed by atoms with E-state index in [0.29, 0.717) is 16.8 Å². The second-order valence-corrected chi connectivity index (χ2v) is 6.41. The molecule has 0 amide bonds. The first-order valence-corrected chi connectivity index (χ1v) is 7.64. The van der Waals surface area contributed by atoms with Crippen LogP contribution < -0.4 is 16.8 Å². The maximum atomic E-state index is 11.3. The summed E-state index contributed by atoms with van der Waals surface area (Å²) in [6, 6.07) is 3.69. The predicted molar refractivity (Wildman–Crippen MR) is 75.8 cm³/mol. The zero-order chi connectivity index (χ0) is 13.4. The molecule has 19 heavy (non-hydrogen) atoms. The number of aromatic nitrogens is 1. The number of fused-ring (bicyclic) bond motifs is 1. The number of nitrogen functional groups attached to an aromatic ring is 1. The summed E-state index contributed by atoms with van der Waals surface area (Å²) >= 11 is 0. The lowest BCUT2D eigenvalue weighted by Crippen LogP contribution is -2.29. The third-order valence-electron chi connectivity index (χ3n) is 3.34. The molecule has 1 aliphatic rings. The number of nitrogens with one attached hydrogen (secondary N) is 2. The molecule has 1 aromatic heterocycles. The Morgan fingerprint density at radius 2 is 2.11 bits per heavy atom. The topological polar surface area (TPSA) is 101 Å². The van der Waals surface area contributed by atoms with Gasteiger partial charge in [-0.05, 0) is 18.9 Å². The summed E-state index contributed by atoms with van der Waals surface area (Å²) in [7, 11) is -0.677. The van der Waals surface area contributed by atoms with Crippen molar-refractivity contribution in [2.75, 3.05) is 22.6 Å². The molecule has 1 aliphatic heterocycles. The normalized spacial score (nSPS) is 23.6. The number of oxazole rings is 1. The van der Waals surface area contributed by atoms with Crippen LogP contribution in [0.2, 0.25) is 0 Å². The highest BCUT2D eigenvalue weighted by molar-refractivity contribution is 7.85. The van der Waals surface area contributed by atoms with E-state index >= 15 is 0 Å². The molecule has 1 aromatic carbocycles. The summed E-state index contributed by atoms with van der Waals surface area (Å²) in [5.41, 5.74) is 8.35. The van der Waals surface area contributed by atoms with Gasteiger partial charge < -0.3 is 15.5 Å². The Labute approximate surface area is 111 Å². The van der Waals surface area contributed by atoms with Crippen LogP contribution in [0.3, 0.4) is 0 Å². The third kappa shape index (κ3) is 2.51. The molecule has 7 heteroatoms. The minimum atomic E-state index is -0.677. The Bertz CT molecular complexity index is 681. The van der Waals surface area contributed by atoms with Gasteiger partial charge in [-0.15, -0.1) is 0 Å². The van der Waals surface area contributed by atoms with Gasteiger partial charge in [-0.25, -0.2) is 4.79 Å². The van der Waals surface area contributed by atoms with Gasteiger partial charge in [0, 0.05) is 34.4 Å². The molecule has 0 spiro atoms. The summed E-state index contributed by atoms with van der Waals surface area (Å²) in [6.07, 6.45) is 1.73. The summed E-state index contributed by atoms with van der Waals surface area (Å²) in [4.78, 5) is 13.7. The molecular weight excluding hydrogens is 266 g/mol. The van der Waals surface area contributed by atoms with Gasteiger partial charge in [0.25, 0.3) is 0 Å². The highest BCUT2D eigenvalue weighted by atomic mass is 32.2. The van der Waals surface area contributed by atoms with Crippen LogP contribution in [0, 0.1) is 0 Å².